The number of carbonyl (C=O) groups excluding carboxylic acids is 1. The van der Waals surface area contributed by atoms with E-state index in [4.69, 9.17) is 25.8 Å². The molecule has 24 heavy (non-hydrogen) atoms. The second-order valence-corrected chi connectivity index (χ2v) is 13.1. The van der Waals surface area contributed by atoms with Crippen LogP contribution in [0, 0.1) is 0 Å². The van der Waals surface area contributed by atoms with Gasteiger partial charge in [-0.1, -0.05) is 44.2 Å². The van der Waals surface area contributed by atoms with E-state index in [1.54, 1.807) is 13.0 Å². The fraction of sp³-hybridized carbons (Fsp3) is 0.611. The molecule has 6 heteroatoms. The van der Waals surface area contributed by atoms with Crippen LogP contribution in [-0.2, 0) is 14.3 Å². The molecular formula is C18H29ClO4Si. The topological polar surface area (TPSA) is 44.8 Å². The van der Waals surface area contributed by atoms with Crippen LogP contribution < -0.4 is 4.74 Å². The van der Waals surface area contributed by atoms with Crippen molar-refractivity contribution in [2.75, 3.05) is 20.0 Å². The smallest absolute Gasteiger partial charge is 0.306 e. The normalized spacial score (nSPS) is 12.8. The molecule has 1 aromatic rings. The number of esters is 1. The molecule has 0 aliphatic heterocycles. The van der Waals surface area contributed by atoms with Gasteiger partial charge in [0.2, 0.25) is 0 Å². The molecule has 0 aliphatic rings. The lowest BCUT2D eigenvalue weighted by molar-refractivity contribution is -0.143. The van der Waals surface area contributed by atoms with Crippen molar-refractivity contribution in [3.63, 3.8) is 0 Å². The summed E-state index contributed by atoms with van der Waals surface area (Å²) in [7, 11) is -1.07. The first-order valence-electron chi connectivity index (χ1n) is 8.38. The van der Waals surface area contributed by atoms with Crippen LogP contribution in [0.2, 0.25) is 30.7 Å². The molecule has 0 bridgehead atoms. The number of hydrogen-bond acceptors (Lipinski definition) is 4. The Labute approximate surface area is 151 Å². The summed E-state index contributed by atoms with van der Waals surface area (Å²) in [5, 5.41) is 0.589. The Morgan fingerprint density at radius 2 is 2.00 bits per heavy atom. The summed E-state index contributed by atoms with van der Waals surface area (Å²) in [6.45, 7) is 12.0. The van der Waals surface area contributed by atoms with E-state index in [1.165, 1.54) is 0 Å². The van der Waals surface area contributed by atoms with Crippen molar-refractivity contribution in [3.05, 3.63) is 28.8 Å². The molecule has 4 nitrogen and oxygen atoms in total. The summed E-state index contributed by atoms with van der Waals surface area (Å²) in [5.74, 6) is 0.455. The van der Waals surface area contributed by atoms with Gasteiger partial charge in [-0.25, -0.2) is 0 Å². The number of benzene rings is 1. The van der Waals surface area contributed by atoms with Gasteiger partial charge in [-0.2, -0.15) is 0 Å². The number of ether oxygens (including phenoxy) is 3. The van der Waals surface area contributed by atoms with Crippen LogP contribution in [0.25, 0.3) is 0 Å². The Bertz CT molecular complexity index is 528. The van der Waals surface area contributed by atoms with E-state index in [9.17, 15) is 4.79 Å². The molecule has 136 valence electrons. The van der Waals surface area contributed by atoms with Gasteiger partial charge in [0.1, 0.15) is 5.75 Å². The van der Waals surface area contributed by atoms with E-state index < -0.39 is 8.07 Å². The summed E-state index contributed by atoms with van der Waals surface area (Å²) in [6.07, 6.45) is 0.313. The van der Waals surface area contributed by atoms with Crippen LogP contribution in [0.15, 0.2) is 18.2 Å². The lowest BCUT2D eigenvalue weighted by atomic mass is 9.98. The van der Waals surface area contributed by atoms with Crippen LogP contribution >= 0.6 is 11.6 Å². The van der Waals surface area contributed by atoms with E-state index in [0.717, 1.165) is 18.2 Å². The van der Waals surface area contributed by atoms with Gasteiger partial charge in [0, 0.05) is 19.7 Å². The molecule has 0 heterocycles. The number of hydrogen-bond donors (Lipinski definition) is 0. The highest BCUT2D eigenvalue weighted by molar-refractivity contribution is 6.76. The first-order chi connectivity index (χ1) is 11.2. The van der Waals surface area contributed by atoms with Gasteiger partial charge >= 0.3 is 5.97 Å². The first-order valence-corrected chi connectivity index (χ1v) is 12.5. The van der Waals surface area contributed by atoms with Crippen LogP contribution in [0.4, 0.5) is 0 Å². The molecule has 0 spiro atoms. The molecule has 1 rings (SSSR count). The lowest BCUT2D eigenvalue weighted by Gasteiger charge is -2.16. The SMILES string of the molecule is CCOC(=O)CC(C)c1ccc(OCOCC[Si](C)(C)C)cc1Cl. The largest absolute Gasteiger partial charge is 0.468 e. The highest BCUT2D eigenvalue weighted by atomic mass is 35.5. The highest BCUT2D eigenvalue weighted by Gasteiger charge is 2.16. The zero-order valence-corrected chi connectivity index (χ0v) is 17.1. The number of rotatable bonds is 10. The molecule has 0 N–H and O–H groups in total. The van der Waals surface area contributed by atoms with Crippen LogP contribution in [0.1, 0.15) is 31.7 Å². The minimum absolute atomic E-state index is 0.00130. The Morgan fingerprint density at radius 3 is 2.58 bits per heavy atom. The molecule has 0 amide bonds. The molecule has 0 radical (unpaired) electrons. The minimum Gasteiger partial charge on any atom is -0.468 e. The van der Waals surface area contributed by atoms with E-state index >= 15 is 0 Å². The van der Waals surface area contributed by atoms with Crippen molar-refractivity contribution in [1.29, 1.82) is 0 Å². The van der Waals surface area contributed by atoms with Crippen LogP contribution in [-0.4, -0.2) is 34.0 Å². The minimum atomic E-state index is -1.07. The number of carbonyl (C=O) groups is 1. The quantitative estimate of drug-likeness (QED) is 0.248. The summed E-state index contributed by atoms with van der Waals surface area (Å²) in [6, 6.07) is 6.62. The molecule has 0 saturated carbocycles. The Kier molecular flexibility index (Phi) is 8.80. The third kappa shape index (κ3) is 8.17. The maximum Gasteiger partial charge on any atom is 0.306 e. The molecule has 0 aliphatic carbocycles. The lowest BCUT2D eigenvalue weighted by Crippen LogP contribution is -2.22. The molecule has 1 aromatic carbocycles. The Morgan fingerprint density at radius 1 is 1.29 bits per heavy atom. The predicted molar refractivity (Wildman–Crippen MR) is 101 cm³/mol. The van der Waals surface area contributed by atoms with Gasteiger partial charge in [0.25, 0.3) is 0 Å². The third-order valence-corrected chi connectivity index (χ3v) is 5.62. The standard InChI is InChI=1S/C18H29ClO4Si/c1-6-22-18(20)11-14(2)16-8-7-15(12-17(16)19)23-13-21-9-10-24(3,4)5/h7-8,12,14H,6,9-11,13H2,1-5H3. The predicted octanol–water partition coefficient (Wildman–Crippen LogP) is 5.09. The zero-order valence-electron chi connectivity index (χ0n) is 15.4. The number of halogens is 1. The third-order valence-electron chi connectivity index (χ3n) is 3.59. The van der Waals surface area contributed by atoms with Crippen molar-refractivity contribution in [3.8, 4) is 5.75 Å². The maximum absolute atomic E-state index is 11.6. The van der Waals surface area contributed by atoms with Crippen molar-refractivity contribution in [1.82, 2.24) is 0 Å². The first kappa shape index (κ1) is 21.0. The Balaban J connectivity index is 2.48. The molecule has 1 atom stereocenters. The molecular weight excluding hydrogens is 344 g/mol. The second-order valence-electron chi connectivity index (χ2n) is 7.07. The highest BCUT2D eigenvalue weighted by Crippen LogP contribution is 2.30. The summed E-state index contributed by atoms with van der Waals surface area (Å²) >= 11 is 6.32. The molecule has 1 unspecified atom stereocenters. The zero-order chi connectivity index (χ0) is 18.2. The maximum atomic E-state index is 11.6. The monoisotopic (exact) mass is 372 g/mol. The summed E-state index contributed by atoms with van der Waals surface area (Å²) in [4.78, 5) is 11.6. The average Bonchev–Trinajstić information content (AvgIpc) is 2.45. The van der Waals surface area contributed by atoms with Gasteiger partial charge in [-0.05, 0) is 36.6 Å². The van der Waals surface area contributed by atoms with Crippen LogP contribution in [0.3, 0.4) is 0 Å². The van der Waals surface area contributed by atoms with Crippen molar-refractivity contribution >= 4 is 25.6 Å². The van der Waals surface area contributed by atoms with Crippen molar-refractivity contribution in [2.45, 2.75) is 51.9 Å². The van der Waals surface area contributed by atoms with E-state index in [2.05, 4.69) is 19.6 Å². The fourth-order valence-electron chi connectivity index (χ4n) is 2.12. The van der Waals surface area contributed by atoms with Gasteiger partial charge in [0.05, 0.1) is 13.0 Å². The van der Waals surface area contributed by atoms with E-state index in [-0.39, 0.29) is 18.7 Å². The summed E-state index contributed by atoms with van der Waals surface area (Å²) in [5.41, 5.74) is 0.914. The second kappa shape index (κ2) is 10.1. The van der Waals surface area contributed by atoms with Gasteiger partial charge in [-0.3, -0.25) is 4.79 Å². The molecule has 0 fully saturated rings. The average molecular weight is 373 g/mol. The van der Waals surface area contributed by atoms with Crippen LogP contribution in [0.5, 0.6) is 5.75 Å². The fourth-order valence-corrected chi connectivity index (χ4v) is 3.24. The van der Waals surface area contributed by atoms with Crippen molar-refractivity contribution < 1.29 is 19.0 Å². The summed E-state index contributed by atoms with van der Waals surface area (Å²) < 4.78 is 16.1. The Hall–Kier alpha value is -1.04. The van der Waals surface area contributed by atoms with E-state index in [1.807, 2.05) is 19.1 Å². The van der Waals surface area contributed by atoms with Gasteiger partial charge in [0.15, 0.2) is 6.79 Å². The van der Waals surface area contributed by atoms with Crippen molar-refractivity contribution in [2.24, 2.45) is 0 Å². The molecule has 0 aromatic heterocycles. The van der Waals surface area contributed by atoms with Gasteiger partial charge in [-0.15, -0.1) is 0 Å². The van der Waals surface area contributed by atoms with E-state index in [0.29, 0.717) is 23.8 Å². The molecule has 0 saturated heterocycles. The van der Waals surface area contributed by atoms with Gasteiger partial charge < -0.3 is 14.2 Å².